The van der Waals surface area contributed by atoms with E-state index in [-0.39, 0.29) is 12.1 Å². The van der Waals surface area contributed by atoms with E-state index in [1.54, 1.807) is 12.5 Å². The van der Waals surface area contributed by atoms with Gasteiger partial charge in [0, 0.05) is 12.7 Å². The molecule has 2 amide bonds. The molecule has 2 rings (SSSR count). The maximum atomic E-state index is 11.7. The highest BCUT2D eigenvalue weighted by Crippen LogP contribution is 2.16. The number of imidazole rings is 1. The molecule has 1 atom stereocenters. The lowest BCUT2D eigenvalue weighted by atomic mass is 10.1. The molecule has 6 nitrogen and oxygen atoms in total. The third-order valence-corrected chi connectivity index (χ3v) is 3.28. The monoisotopic (exact) mass is 302 g/mol. The summed E-state index contributed by atoms with van der Waals surface area (Å²) in [6.45, 7) is 2.57. The van der Waals surface area contributed by atoms with Crippen LogP contribution in [0.3, 0.4) is 0 Å². The Labute approximate surface area is 130 Å². The van der Waals surface area contributed by atoms with Crippen LogP contribution in [0.1, 0.15) is 37.1 Å². The lowest BCUT2D eigenvalue weighted by molar-refractivity contribution is -0.00957. The zero-order valence-corrected chi connectivity index (χ0v) is 12.7. The first kappa shape index (κ1) is 16.0. The van der Waals surface area contributed by atoms with Crippen molar-refractivity contribution in [3.8, 4) is 0 Å². The molecule has 1 aromatic carbocycles. The molecule has 0 fully saturated rings. The number of rotatable bonds is 8. The fourth-order valence-electron chi connectivity index (χ4n) is 2.10. The number of hydrogen-bond acceptors (Lipinski definition) is 3. The molecule has 0 radical (unpaired) electrons. The van der Waals surface area contributed by atoms with Crippen LogP contribution in [-0.2, 0) is 11.3 Å². The average molecular weight is 302 g/mol. The molecule has 118 valence electrons. The van der Waals surface area contributed by atoms with Crippen molar-refractivity contribution in [2.45, 2.75) is 32.3 Å². The second kappa shape index (κ2) is 8.84. The molecule has 0 spiro atoms. The normalized spacial score (nSPS) is 11.9. The van der Waals surface area contributed by atoms with Crippen LogP contribution in [0.15, 0.2) is 42.9 Å². The van der Waals surface area contributed by atoms with E-state index in [1.165, 1.54) is 5.56 Å². The molecule has 3 N–H and O–H groups in total. The van der Waals surface area contributed by atoms with E-state index in [2.05, 4.69) is 32.9 Å². The molecular weight excluding hydrogens is 280 g/mol. The summed E-state index contributed by atoms with van der Waals surface area (Å²) in [7, 11) is 0. The van der Waals surface area contributed by atoms with E-state index < -0.39 is 0 Å². The summed E-state index contributed by atoms with van der Waals surface area (Å²) in [6.07, 6.45) is 5.64. The van der Waals surface area contributed by atoms with E-state index in [1.807, 2.05) is 25.1 Å². The Morgan fingerprint density at radius 1 is 1.36 bits per heavy atom. The lowest BCUT2D eigenvalue weighted by Gasteiger charge is -2.14. The van der Waals surface area contributed by atoms with Crippen LogP contribution in [0.25, 0.3) is 0 Å². The Morgan fingerprint density at radius 2 is 2.18 bits per heavy atom. The maximum Gasteiger partial charge on any atom is 0.338 e. The largest absolute Gasteiger partial charge is 0.351 e. The molecule has 22 heavy (non-hydrogen) atoms. The van der Waals surface area contributed by atoms with Crippen molar-refractivity contribution in [3.63, 3.8) is 0 Å². The zero-order chi connectivity index (χ0) is 15.6. The van der Waals surface area contributed by atoms with Crippen LogP contribution in [0.2, 0.25) is 0 Å². The van der Waals surface area contributed by atoms with E-state index in [9.17, 15) is 4.79 Å². The molecule has 2 aromatic rings. The summed E-state index contributed by atoms with van der Waals surface area (Å²) in [5, 5.41) is 2.77. The first-order valence-corrected chi connectivity index (χ1v) is 7.51. The Balaban J connectivity index is 1.61. The number of urea groups is 1. The van der Waals surface area contributed by atoms with Gasteiger partial charge in [-0.05, 0) is 24.8 Å². The second-order valence-corrected chi connectivity index (χ2v) is 4.96. The topological polar surface area (TPSA) is 79.0 Å². The summed E-state index contributed by atoms with van der Waals surface area (Å²) in [5.74, 6) is 0. The number of aromatic amines is 1. The third-order valence-electron chi connectivity index (χ3n) is 3.28. The van der Waals surface area contributed by atoms with Gasteiger partial charge in [0.25, 0.3) is 0 Å². The highest BCUT2D eigenvalue weighted by molar-refractivity contribution is 5.72. The van der Waals surface area contributed by atoms with Crippen LogP contribution in [0.4, 0.5) is 4.79 Å². The summed E-state index contributed by atoms with van der Waals surface area (Å²) < 4.78 is 0. The van der Waals surface area contributed by atoms with Gasteiger partial charge in [0.05, 0.1) is 12.0 Å². The van der Waals surface area contributed by atoms with Crippen LogP contribution in [0.5, 0.6) is 0 Å². The molecule has 0 aliphatic heterocycles. The van der Waals surface area contributed by atoms with E-state index in [0.29, 0.717) is 6.54 Å². The third kappa shape index (κ3) is 5.21. The van der Waals surface area contributed by atoms with Crippen molar-refractivity contribution in [2.75, 3.05) is 6.54 Å². The van der Waals surface area contributed by atoms with Crippen molar-refractivity contribution < 1.29 is 9.63 Å². The molecule has 0 aliphatic rings. The molecule has 0 saturated carbocycles. The van der Waals surface area contributed by atoms with Crippen molar-refractivity contribution in [2.24, 2.45) is 0 Å². The van der Waals surface area contributed by atoms with E-state index in [0.717, 1.165) is 25.0 Å². The van der Waals surface area contributed by atoms with Crippen molar-refractivity contribution in [1.29, 1.82) is 0 Å². The quantitative estimate of drug-likeness (QED) is 0.518. The molecule has 6 heteroatoms. The minimum absolute atomic E-state index is 0.249. The van der Waals surface area contributed by atoms with Gasteiger partial charge in [-0.1, -0.05) is 37.3 Å². The van der Waals surface area contributed by atoms with Crippen molar-refractivity contribution in [3.05, 3.63) is 54.1 Å². The molecule has 1 aromatic heterocycles. The Kier molecular flexibility index (Phi) is 6.44. The van der Waals surface area contributed by atoms with E-state index >= 15 is 0 Å². The van der Waals surface area contributed by atoms with Crippen LogP contribution < -0.4 is 10.8 Å². The van der Waals surface area contributed by atoms with Gasteiger partial charge in [0.1, 0.15) is 6.10 Å². The van der Waals surface area contributed by atoms with Gasteiger partial charge in [-0.2, -0.15) is 0 Å². The molecule has 0 bridgehead atoms. The Morgan fingerprint density at radius 3 is 2.86 bits per heavy atom. The van der Waals surface area contributed by atoms with Gasteiger partial charge in [-0.15, -0.1) is 0 Å². The molecule has 1 unspecified atom stereocenters. The number of nitrogens with one attached hydrogen (secondary N) is 3. The Bertz CT molecular complexity index is 543. The van der Waals surface area contributed by atoms with Gasteiger partial charge in [-0.25, -0.2) is 15.3 Å². The second-order valence-electron chi connectivity index (χ2n) is 4.96. The maximum absolute atomic E-state index is 11.7. The highest BCUT2D eigenvalue weighted by Gasteiger charge is 2.13. The Hall–Kier alpha value is -2.34. The smallest absolute Gasteiger partial charge is 0.338 e. The average Bonchev–Trinajstić information content (AvgIpc) is 3.07. The molecule has 0 aliphatic carbocycles. The number of aromatic nitrogens is 2. The fraction of sp³-hybridized carbons (Fsp3) is 0.375. The summed E-state index contributed by atoms with van der Waals surface area (Å²) in [5.41, 5.74) is 4.46. The number of carbonyl (C=O) groups excluding carboxylic acids is 1. The minimum atomic E-state index is -0.331. The van der Waals surface area contributed by atoms with Crippen LogP contribution in [-0.4, -0.2) is 22.5 Å². The number of H-pyrrole nitrogens is 1. The van der Waals surface area contributed by atoms with Crippen molar-refractivity contribution in [1.82, 2.24) is 20.8 Å². The number of aryl methyl sites for hydroxylation is 1. The number of amides is 2. The van der Waals surface area contributed by atoms with Gasteiger partial charge >= 0.3 is 6.03 Å². The summed E-state index contributed by atoms with van der Waals surface area (Å²) >= 11 is 0. The van der Waals surface area contributed by atoms with Gasteiger partial charge in [0.15, 0.2) is 0 Å². The van der Waals surface area contributed by atoms with Crippen LogP contribution in [0, 0.1) is 0 Å². The first-order chi connectivity index (χ1) is 10.8. The number of hydrogen-bond donors (Lipinski definition) is 3. The first-order valence-electron chi connectivity index (χ1n) is 7.51. The number of carbonyl (C=O) groups is 1. The van der Waals surface area contributed by atoms with Crippen LogP contribution >= 0.6 is 0 Å². The van der Waals surface area contributed by atoms with Gasteiger partial charge in [0.2, 0.25) is 0 Å². The van der Waals surface area contributed by atoms with Gasteiger partial charge in [-0.3, -0.25) is 4.84 Å². The summed E-state index contributed by atoms with van der Waals surface area (Å²) in [4.78, 5) is 24.0. The van der Waals surface area contributed by atoms with E-state index in [4.69, 9.17) is 4.84 Å². The zero-order valence-electron chi connectivity index (χ0n) is 12.7. The highest BCUT2D eigenvalue weighted by atomic mass is 16.7. The van der Waals surface area contributed by atoms with Gasteiger partial charge < -0.3 is 10.3 Å². The lowest BCUT2D eigenvalue weighted by Crippen LogP contribution is -2.37. The predicted octanol–water partition coefficient (Wildman–Crippen LogP) is 2.72. The summed E-state index contributed by atoms with van der Waals surface area (Å²) in [6, 6.07) is 9.86. The molecule has 0 saturated heterocycles. The standard InChI is InChI=1S/C16H22N4O2/c1-2-15(14-11-17-12-19-14)22-20-16(21)18-10-6-9-13-7-4-3-5-8-13/h3-5,7-8,11-12,15H,2,6,9-10H2,1H3,(H,17,19)(H2,18,20,21). The SMILES string of the molecule is CCC(ONC(=O)NCCCc1ccccc1)c1c[nH]cn1. The fourth-order valence-corrected chi connectivity index (χ4v) is 2.10. The molecule has 1 heterocycles. The number of hydroxylamine groups is 1. The van der Waals surface area contributed by atoms with Crippen molar-refractivity contribution >= 4 is 6.03 Å². The predicted molar refractivity (Wildman–Crippen MR) is 84.0 cm³/mol. The molecular formula is C16H22N4O2. The number of benzene rings is 1. The number of nitrogens with zero attached hydrogens (tertiary/aromatic N) is 1. The minimum Gasteiger partial charge on any atom is -0.351 e.